The first-order valence-corrected chi connectivity index (χ1v) is 7.37. The maximum Gasteiger partial charge on any atom is 0.327 e. The molecule has 0 radical (unpaired) electrons. The van der Waals surface area contributed by atoms with Gasteiger partial charge in [0.2, 0.25) is 0 Å². The molecule has 0 spiro atoms. The standard InChI is InChI=1S/C16H18N2O4/c1-22-14(19)7-4-8-17-15(20)13-9-11-5-2-3-6-12(11)10-18(13)16(17)21/h2-3,5-6,13H,4,7-10H2,1H3/t13-/m0/s1. The summed E-state index contributed by atoms with van der Waals surface area (Å²) in [6.45, 7) is 0.731. The minimum Gasteiger partial charge on any atom is -0.469 e. The van der Waals surface area contributed by atoms with Gasteiger partial charge in [0.25, 0.3) is 5.91 Å². The summed E-state index contributed by atoms with van der Waals surface area (Å²) in [4.78, 5) is 38.9. The van der Waals surface area contributed by atoms with E-state index in [4.69, 9.17) is 0 Å². The number of imide groups is 1. The molecule has 1 atom stereocenters. The highest BCUT2D eigenvalue weighted by Crippen LogP contribution is 2.30. The summed E-state index contributed by atoms with van der Waals surface area (Å²) in [5.74, 6) is -0.492. The predicted octanol–water partition coefficient (Wildman–Crippen LogP) is 1.33. The Morgan fingerprint density at radius 1 is 1.27 bits per heavy atom. The average Bonchev–Trinajstić information content (AvgIpc) is 2.77. The van der Waals surface area contributed by atoms with Crippen molar-refractivity contribution in [1.82, 2.24) is 9.80 Å². The monoisotopic (exact) mass is 302 g/mol. The van der Waals surface area contributed by atoms with Crippen molar-refractivity contribution in [3.05, 3.63) is 35.4 Å². The van der Waals surface area contributed by atoms with Crippen LogP contribution in [0.3, 0.4) is 0 Å². The third kappa shape index (κ3) is 2.45. The lowest BCUT2D eigenvalue weighted by Gasteiger charge is -2.28. The Labute approximate surface area is 128 Å². The Morgan fingerprint density at radius 2 is 2.00 bits per heavy atom. The molecule has 3 amide bonds. The van der Waals surface area contributed by atoms with Gasteiger partial charge in [-0.15, -0.1) is 0 Å². The molecule has 0 unspecified atom stereocenters. The topological polar surface area (TPSA) is 66.9 Å². The number of benzene rings is 1. The number of hydrogen-bond acceptors (Lipinski definition) is 4. The van der Waals surface area contributed by atoms with E-state index in [2.05, 4.69) is 4.74 Å². The number of carbonyl (C=O) groups is 3. The quantitative estimate of drug-likeness (QED) is 0.621. The lowest BCUT2D eigenvalue weighted by Crippen LogP contribution is -2.39. The van der Waals surface area contributed by atoms with Crippen LogP contribution in [0.5, 0.6) is 0 Å². The van der Waals surface area contributed by atoms with Crippen LogP contribution in [0.15, 0.2) is 24.3 Å². The second kappa shape index (κ2) is 5.79. The van der Waals surface area contributed by atoms with Gasteiger partial charge in [-0.1, -0.05) is 24.3 Å². The molecule has 0 aromatic heterocycles. The first-order chi connectivity index (χ1) is 10.6. The highest BCUT2D eigenvalue weighted by atomic mass is 16.5. The van der Waals surface area contributed by atoms with Crippen LogP contribution in [-0.4, -0.2) is 47.4 Å². The van der Waals surface area contributed by atoms with Gasteiger partial charge in [0.15, 0.2) is 0 Å². The minimum atomic E-state index is -0.402. The smallest absolute Gasteiger partial charge is 0.327 e. The molecule has 0 bridgehead atoms. The normalized spacial score (nSPS) is 20.0. The number of urea groups is 1. The van der Waals surface area contributed by atoms with E-state index >= 15 is 0 Å². The van der Waals surface area contributed by atoms with Gasteiger partial charge in [-0.05, 0) is 17.5 Å². The van der Waals surface area contributed by atoms with Gasteiger partial charge in [-0.2, -0.15) is 0 Å². The molecule has 1 fully saturated rings. The summed E-state index contributed by atoms with van der Waals surface area (Å²) >= 11 is 0. The van der Waals surface area contributed by atoms with Crippen molar-refractivity contribution >= 4 is 17.9 Å². The minimum absolute atomic E-state index is 0.163. The number of nitrogens with zero attached hydrogens (tertiary/aromatic N) is 2. The Morgan fingerprint density at radius 3 is 2.73 bits per heavy atom. The predicted molar refractivity (Wildman–Crippen MR) is 77.8 cm³/mol. The third-order valence-electron chi connectivity index (χ3n) is 4.27. The summed E-state index contributed by atoms with van der Waals surface area (Å²) in [6, 6.07) is 7.22. The molecule has 116 valence electrons. The summed E-state index contributed by atoms with van der Waals surface area (Å²) in [6.07, 6.45) is 1.20. The van der Waals surface area contributed by atoms with Crippen LogP contribution in [0.4, 0.5) is 4.79 Å². The van der Waals surface area contributed by atoms with Gasteiger partial charge in [-0.25, -0.2) is 4.79 Å². The molecule has 0 aliphatic carbocycles. The molecule has 22 heavy (non-hydrogen) atoms. The lowest BCUT2D eigenvalue weighted by atomic mass is 9.95. The number of methoxy groups -OCH3 is 1. The highest BCUT2D eigenvalue weighted by molar-refractivity contribution is 6.04. The van der Waals surface area contributed by atoms with Gasteiger partial charge in [-0.3, -0.25) is 14.5 Å². The molecule has 2 heterocycles. The molecule has 1 saturated heterocycles. The molecule has 1 aromatic carbocycles. The molecule has 3 rings (SSSR count). The van der Waals surface area contributed by atoms with E-state index in [1.165, 1.54) is 12.0 Å². The second-order valence-corrected chi connectivity index (χ2v) is 5.57. The number of fused-ring (bicyclic) bond motifs is 2. The molecule has 0 saturated carbocycles. The van der Waals surface area contributed by atoms with Crippen LogP contribution >= 0.6 is 0 Å². The van der Waals surface area contributed by atoms with Gasteiger partial charge in [0, 0.05) is 25.9 Å². The van der Waals surface area contributed by atoms with E-state index in [9.17, 15) is 14.4 Å². The number of amides is 3. The van der Waals surface area contributed by atoms with Crippen LogP contribution in [0.1, 0.15) is 24.0 Å². The van der Waals surface area contributed by atoms with Crippen LogP contribution in [0, 0.1) is 0 Å². The fourth-order valence-electron chi connectivity index (χ4n) is 3.06. The van der Waals surface area contributed by atoms with E-state index in [0.29, 0.717) is 19.4 Å². The zero-order chi connectivity index (χ0) is 15.7. The Bertz CT molecular complexity index is 585. The van der Waals surface area contributed by atoms with E-state index in [0.717, 1.165) is 11.1 Å². The molecular weight excluding hydrogens is 284 g/mol. The fourth-order valence-corrected chi connectivity index (χ4v) is 3.06. The molecule has 2 aliphatic rings. The van der Waals surface area contributed by atoms with Crippen molar-refractivity contribution in [2.75, 3.05) is 13.7 Å². The van der Waals surface area contributed by atoms with E-state index < -0.39 is 6.04 Å². The van der Waals surface area contributed by atoms with Crippen molar-refractivity contribution in [2.24, 2.45) is 0 Å². The van der Waals surface area contributed by atoms with Gasteiger partial charge in [0.1, 0.15) is 6.04 Å². The lowest BCUT2D eigenvalue weighted by molar-refractivity contribution is -0.141. The summed E-state index contributed by atoms with van der Waals surface area (Å²) in [7, 11) is 1.33. The summed E-state index contributed by atoms with van der Waals surface area (Å²) in [5.41, 5.74) is 2.22. The third-order valence-corrected chi connectivity index (χ3v) is 4.27. The van der Waals surface area contributed by atoms with Crippen LogP contribution in [0.2, 0.25) is 0 Å². The van der Waals surface area contributed by atoms with Gasteiger partial charge >= 0.3 is 12.0 Å². The summed E-state index contributed by atoms with van der Waals surface area (Å²) < 4.78 is 4.57. The maximum atomic E-state index is 12.5. The molecule has 1 aromatic rings. The van der Waals surface area contributed by atoms with Crippen molar-refractivity contribution in [1.29, 1.82) is 0 Å². The number of carbonyl (C=O) groups excluding carboxylic acids is 3. The SMILES string of the molecule is COC(=O)CCCN1C(=O)[C@@H]2Cc3ccccc3CN2C1=O. The number of ether oxygens (including phenoxy) is 1. The van der Waals surface area contributed by atoms with E-state index in [1.54, 1.807) is 4.90 Å². The number of esters is 1. The first kappa shape index (κ1) is 14.6. The van der Waals surface area contributed by atoms with Crippen LogP contribution in [-0.2, 0) is 27.3 Å². The van der Waals surface area contributed by atoms with Gasteiger partial charge in [0.05, 0.1) is 7.11 Å². The first-order valence-electron chi connectivity index (χ1n) is 7.37. The molecule has 0 N–H and O–H groups in total. The average molecular weight is 302 g/mol. The van der Waals surface area contributed by atoms with Crippen molar-refractivity contribution in [3.63, 3.8) is 0 Å². The van der Waals surface area contributed by atoms with Gasteiger partial charge < -0.3 is 9.64 Å². The molecule has 6 nitrogen and oxygen atoms in total. The second-order valence-electron chi connectivity index (χ2n) is 5.57. The van der Waals surface area contributed by atoms with Crippen LogP contribution < -0.4 is 0 Å². The fraction of sp³-hybridized carbons (Fsp3) is 0.438. The Hall–Kier alpha value is -2.37. The molecule has 2 aliphatic heterocycles. The maximum absolute atomic E-state index is 12.5. The van der Waals surface area contributed by atoms with Crippen molar-refractivity contribution in [2.45, 2.75) is 31.8 Å². The van der Waals surface area contributed by atoms with Crippen molar-refractivity contribution in [3.8, 4) is 0 Å². The van der Waals surface area contributed by atoms with E-state index in [-0.39, 0.29) is 30.9 Å². The molecular formula is C16H18N2O4. The number of hydrogen-bond donors (Lipinski definition) is 0. The Balaban J connectivity index is 1.70. The van der Waals surface area contributed by atoms with Crippen LogP contribution in [0.25, 0.3) is 0 Å². The number of rotatable bonds is 4. The zero-order valence-electron chi connectivity index (χ0n) is 12.4. The molecule has 6 heteroatoms. The zero-order valence-corrected chi connectivity index (χ0v) is 12.4. The van der Waals surface area contributed by atoms with Crippen molar-refractivity contribution < 1.29 is 19.1 Å². The largest absolute Gasteiger partial charge is 0.469 e. The highest BCUT2D eigenvalue weighted by Gasteiger charge is 2.46. The Kier molecular flexibility index (Phi) is 3.83. The van der Waals surface area contributed by atoms with E-state index in [1.807, 2.05) is 24.3 Å². The summed E-state index contributed by atoms with van der Waals surface area (Å²) in [5, 5.41) is 0.